The molecule has 0 radical (unpaired) electrons. The number of carbonyl (C=O) groups is 4. The molecule has 6 rings (SSSR count). The van der Waals surface area contributed by atoms with E-state index in [0.717, 1.165) is 42.4 Å². The molecule has 188 valence electrons. The fourth-order valence-corrected chi connectivity index (χ4v) is 5.77. The van der Waals surface area contributed by atoms with Crippen molar-refractivity contribution in [2.75, 3.05) is 0 Å². The van der Waals surface area contributed by atoms with Gasteiger partial charge in [0.15, 0.2) is 23.1 Å². The van der Waals surface area contributed by atoms with Gasteiger partial charge in [0.25, 0.3) is 0 Å². The van der Waals surface area contributed by atoms with Crippen molar-refractivity contribution in [3.05, 3.63) is 142 Å². The Morgan fingerprint density at radius 1 is 0.658 bits per heavy atom. The Bertz CT molecular complexity index is 1550. The summed E-state index contributed by atoms with van der Waals surface area (Å²) in [6, 6.07) is 19.6. The molecule has 1 atom stereocenters. The van der Waals surface area contributed by atoms with E-state index in [1.165, 1.54) is 0 Å². The SMILES string of the molecule is C=CCC1CCCC2=C1C(=O)c1ccccc1C2=O.C=CCc1cccc2c1C(=O)c1ccccc1C2=O. The molecule has 3 aliphatic carbocycles. The Morgan fingerprint density at radius 3 is 1.87 bits per heavy atom. The highest BCUT2D eigenvalue weighted by atomic mass is 16.1. The first-order valence-electron chi connectivity index (χ1n) is 12.9. The molecule has 0 aliphatic heterocycles. The first-order chi connectivity index (χ1) is 18.5. The molecular weight excluding hydrogens is 472 g/mol. The summed E-state index contributed by atoms with van der Waals surface area (Å²) in [5, 5.41) is 0. The third kappa shape index (κ3) is 4.22. The van der Waals surface area contributed by atoms with Crippen molar-refractivity contribution >= 4 is 23.1 Å². The van der Waals surface area contributed by atoms with Gasteiger partial charge in [0, 0.05) is 44.5 Å². The topological polar surface area (TPSA) is 68.3 Å². The molecular formula is C34H28O4. The maximum absolute atomic E-state index is 12.6. The molecule has 4 nitrogen and oxygen atoms in total. The number of allylic oxidation sites excluding steroid dienone is 4. The fraction of sp³-hybridized carbons (Fsp3) is 0.176. The summed E-state index contributed by atoms with van der Waals surface area (Å²) in [7, 11) is 0. The molecule has 0 fully saturated rings. The highest BCUT2D eigenvalue weighted by Crippen LogP contribution is 2.40. The number of ketones is 4. The molecule has 3 aromatic carbocycles. The van der Waals surface area contributed by atoms with Crippen molar-refractivity contribution in [1.29, 1.82) is 0 Å². The lowest BCUT2D eigenvalue weighted by atomic mass is 9.71. The molecule has 0 bridgehead atoms. The van der Waals surface area contributed by atoms with Crippen LogP contribution in [0.25, 0.3) is 0 Å². The van der Waals surface area contributed by atoms with Crippen molar-refractivity contribution in [3.63, 3.8) is 0 Å². The summed E-state index contributed by atoms with van der Waals surface area (Å²) in [4.78, 5) is 50.1. The molecule has 0 amide bonds. The molecule has 4 heteroatoms. The number of rotatable bonds is 4. The quantitative estimate of drug-likeness (QED) is 0.285. The zero-order valence-corrected chi connectivity index (χ0v) is 21.2. The lowest BCUT2D eigenvalue weighted by Crippen LogP contribution is -2.28. The van der Waals surface area contributed by atoms with Crippen LogP contribution in [0.15, 0.2) is 103 Å². The number of carbonyl (C=O) groups excluding carboxylic acids is 4. The van der Waals surface area contributed by atoms with Crippen LogP contribution in [-0.2, 0) is 6.42 Å². The second-order valence-electron chi connectivity index (χ2n) is 9.75. The van der Waals surface area contributed by atoms with Gasteiger partial charge in [0.05, 0.1) is 0 Å². The maximum atomic E-state index is 12.6. The third-order valence-corrected chi connectivity index (χ3v) is 7.50. The lowest BCUT2D eigenvalue weighted by Gasteiger charge is -2.30. The first kappa shape index (κ1) is 25.2. The van der Waals surface area contributed by atoms with Gasteiger partial charge in [-0.1, -0.05) is 78.9 Å². The van der Waals surface area contributed by atoms with E-state index >= 15 is 0 Å². The molecule has 0 saturated heterocycles. The van der Waals surface area contributed by atoms with Gasteiger partial charge in [-0.2, -0.15) is 0 Å². The van der Waals surface area contributed by atoms with E-state index in [1.807, 2.05) is 30.3 Å². The third-order valence-electron chi connectivity index (χ3n) is 7.50. The second-order valence-corrected chi connectivity index (χ2v) is 9.75. The molecule has 1 unspecified atom stereocenters. The van der Waals surface area contributed by atoms with E-state index < -0.39 is 0 Å². The van der Waals surface area contributed by atoms with Crippen LogP contribution in [0.5, 0.6) is 0 Å². The van der Waals surface area contributed by atoms with Crippen molar-refractivity contribution in [2.24, 2.45) is 5.92 Å². The van der Waals surface area contributed by atoms with Crippen LogP contribution in [0, 0.1) is 5.92 Å². The predicted molar refractivity (Wildman–Crippen MR) is 148 cm³/mol. The minimum absolute atomic E-state index is 0.0525. The van der Waals surface area contributed by atoms with Gasteiger partial charge in [-0.15, -0.1) is 13.2 Å². The summed E-state index contributed by atoms with van der Waals surface area (Å²) in [6.07, 6.45) is 7.66. The van der Waals surface area contributed by atoms with Crippen LogP contribution in [0.1, 0.15) is 83.8 Å². The van der Waals surface area contributed by atoms with Crippen LogP contribution in [-0.4, -0.2) is 23.1 Å². The standard InChI is InChI=1S/C17H16O2.C17H12O2/c2*1-2-6-11-7-5-10-14-15(11)17(19)13-9-4-3-8-12(13)16(14)18/h2-4,8-9,11H,1,5-7,10H2;2-5,7-10H,1,6H2. The Balaban J connectivity index is 0.000000155. The normalized spacial score (nSPS) is 17.4. The Kier molecular flexibility index (Phi) is 6.97. The van der Waals surface area contributed by atoms with Gasteiger partial charge in [0.2, 0.25) is 0 Å². The maximum Gasteiger partial charge on any atom is 0.194 e. The van der Waals surface area contributed by atoms with E-state index in [0.29, 0.717) is 39.8 Å². The predicted octanol–water partition coefficient (Wildman–Crippen LogP) is 6.93. The number of benzene rings is 3. The van der Waals surface area contributed by atoms with Gasteiger partial charge in [-0.25, -0.2) is 0 Å². The van der Waals surface area contributed by atoms with Crippen molar-refractivity contribution in [3.8, 4) is 0 Å². The van der Waals surface area contributed by atoms with Crippen LogP contribution >= 0.6 is 0 Å². The monoisotopic (exact) mass is 500 g/mol. The second kappa shape index (κ2) is 10.5. The molecule has 0 spiro atoms. The van der Waals surface area contributed by atoms with E-state index in [1.54, 1.807) is 48.5 Å². The largest absolute Gasteiger partial charge is 0.289 e. The Morgan fingerprint density at radius 2 is 1.24 bits per heavy atom. The van der Waals surface area contributed by atoms with Crippen LogP contribution in [0.3, 0.4) is 0 Å². The van der Waals surface area contributed by atoms with E-state index in [9.17, 15) is 19.2 Å². The lowest BCUT2D eigenvalue weighted by molar-refractivity contribution is 0.0955. The summed E-state index contributed by atoms with van der Waals surface area (Å²) < 4.78 is 0. The van der Waals surface area contributed by atoms with Crippen LogP contribution in [0.2, 0.25) is 0 Å². The van der Waals surface area contributed by atoms with Gasteiger partial charge in [0.1, 0.15) is 0 Å². The molecule has 0 N–H and O–H groups in total. The number of fused-ring (bicyclic) bond motifs is 3. The average Bonchev–Trinajstić information content (AvgIpc) is 2.95. The van der Waals surface area contributed by atoms with Gasteiger partial charge in [-0.3, -0.25) is 19.2 Å². The van der Waals surface area contributed by atoms with E-state index in [2.05, 4.69) is 13.2 Å². The molecule has 3 aromatic rings. The molecule has 38 heavy (non-hydrogen) atoms. The molecule has 0 saturated carbocycles. The average molecular weight is 501 g/mol. The highest BCUT2D eigenvalue weighted by Gasteiger charge is 2.37. The summed E-state index contributed by atoms with van der Waals surface area (Å²) in [6.45, 7) is 7.46. The Hall–Kier alpha value is -4.44. The van der Waals surface area contributed by atoms with Gasteiger partial charge in [-0.05, 0) is 43.6 Å². The number of hydrogen-bond donors (Lipinski definition) is 0. The van der Waals surface area contributed by atoms with Gasteiger partial charge >= 0.3 is 0 Å². The summed E-state index contributed by atoms with van der Waals surface area (Å²) >= 11 is 0. The fourth-order valence-electron chi connectivity index (χ4n) is 5.77. The van der Waals surface area contributed by atoms with Crippen LogP contribution in [0.4, 0.5) is 0 Å². The van der Waals surface area contributed by atoms with Gasteiger partial charge < -0.3 is 0 Å². The van der Waals surface area contributed by atoms with E-state index in [-0.39, 0.29) is 29.1 Å². The first-order valence-corrected chi connectivity index (χ1v) is 12.9. The minimum atomic E-state index is -0.0730. The smallest absolute Gasteiger partial charge is 0.194 e. The summed E-state index contributed by atoms with van der Waals surface area (Å²) in [5.41, 5.74) is 5.55. The molecule has 0 aromatic heterocycles. The molecule has 0 heterocycles. The minimum Gasteiger partial charge on any atom is -0.289 e. The van der Waals surface area contributed by atoms with Crippen LogP contribution < -0.4 is 0 Å². The van der Waals surface area contributed by atoms with Crippen molar-refractivity contribution in [2.45, 2.75) is 32.1 Å². The Labute approximate surface area is 222 Å². The molecule has 3 aliphatic rings. The zero-order valence-electron chi connectivity index (χ0n) is 21.2. The van der Waals surface area contributed by atoms with Crippen molar-refractivity contribution < 1.29 is 19.2 Å². The number of Topliss-reactive ketones (excluding diaryl/α,β-unsaturated/α-hetero) is 2. The van der Waals surface area contributed by atoms with E-state index in [4.69, 9.17) is 0 Å². The number of hydrogen-bond acceptors (Lipinski definition) is 4. The van der Waals surface area contributed by atoms with Crippen molar-refractivity contribution in [1.82, 2.24) is 0 Å². The highest BCUT2D eigenvalue weighted by molar-refractivity contribution is 6.29. The zero-order chi connectivity index (χ0) is 26.8. The summed E-state index contributed by atoms with van der Waals surface area (Å²) in [5.74, 6) is 0.139.